The Balaban J connectivity index is 1.31. The summed E-state index contributed by atoms with van der Waals surface area (Å²) in [5.74, 6) is 1.94. The van der Waals surface area contributed by atoms with Gasteiger partial charge >= 0.3 is 0 Å². The third-order valence-electron chi connectivity index (χ3n) is 5.18. The van der Waals surface area contributed by atoms with Crippen LogP contribution in [0.5, 0.6) is 5.75 Å². The summed E-state index contributed by atoms with van der Waals surface area (Å²) in [4.78, 5) is 12.6. The van der Waals surface area contributed by atoms with Crippen LogP contribution in [0.1, 0.15) is 0 Å². The number of rotatable bonds is 6. The van der Waals surface area contributed by atoms with Crippen molar-refractivity contribution in [1.82, 2.24) is 14.8 Å². The number of ether oxygens (including phenoxy) is 1. The van der Waals surface area contributed by atoms with Gasteiger partial charge in [0.25, 0.3) is 0 Å². The summed E-state index contributed by atoms with van der Waals surface area (Å²) < 4.78 is 13.2. The van der Waals surface area contributed by atoms with Gasteiger partial charge in [-0.2, -0.15) is 0 Å². The van der Waals surface area contributed by atoms with Crippen molar-refractivity contribution in [2.75, 3.05) is 18.2 Å². The number of nitrogens with zero attached hydrogens (tertiary/aromatic N) is 3. The van der Waals surface area contributed by atoms with Gasteiger partial charge in [0.2, 0.25) is 5.91 Å². The molecule has 0 saturated heterocycles. The smallest absolute Gasteiger partial charge is 0.234 e. The highest BCUT2D eigenvalue weighted by atomic mass is 32.2. The van der Waals surface area contributed by atoms with Crippen molar-refractivity contribution in [3.63, 3.8) is 0 Å². The maximum absolute atomic E-state index is 12.6. The molecule has 2 aromatic heterocycles. The minimum atomic E-state index is -0.107. The van der Waals surface area contributed by atoms with E-state index in [4.69, 9.17) is 9.15 Å². The van der Waals surface area contributed by atoms with Crippen LogP contribution < -0.4 is 10.1 Å². The Kier molecular flexibility index (Phi) is 5.28. The molecule has 0 atom stereocenters. The molecule has 2 heterocycles. The van der Waals surface area contributed by atoms with Crippen molar-refractivity contribution in [1.29, 1.82) is 0 Å². The molecule has 0 aliphatic heterocycles. The van der Waals surface area contributed by atoms with Crippen molar-refractivity contribution in [2.45, 2.75) is 5.16 Å². The van der Waals surface area contributed by atoms with E-state index in [1.165, 1.54) is 11.8 Å². The number of benzene rings is 3. The van der Waals surface area contributed by atoms with Gasteiger partial charge in [0.15, 0.2) is 28.1 Å². The molecule has 0 aliphatic carbocycles. The van der Waals surface area contributed by atoms with Crippen LogP contribution >= 0.6 is 11.8 Å². The number of furan rings is 1. The van der Waals surface area contributed by atoms with Gasteiger partial charge in [0, 0.05) is 23.5 Å². The minimum absolute atomic E-state index is 0.107. The molecular formula is C24H20N4O3S. The van der Waals surface area contributed by atoms with Crippen molar-refractivity contribution in [3.05, 3.63) is 66.7 Å². The van der Waals surface area contributed by atoms with Crippen molar-refractivity contribution >= 4 is 45.1 Å². The van der Waals surface area contributed by atoms with E-state index in [2.05, 4.69) is 15.5 Å². The van der Waals surface area contributed by atoms with E-state index >= 15 is 0 Å². The summed E-state index contributed by atoms with van der Waals surface area (Å²) in [5.41, 5.74) is 1.46. The first-order chi connectivity index (χ1) is 15.6. The lowest BCUT2D eigenvalue weighted by Crippen LogP contribution is -2.14. The molecule has 5 rings (SSSR count). The highest BCUT2D eigenvalue weighted by Crippen LogP contribution is 2.33. The normalized spacial score (nSPS) is 11.2. The van der Waals surface area contributed by atoms with E-state index in [1.54, 1.807) is 7.11 Å². The highest BCUT2D eigenvalue weighted by Gasteiger charge is 2.18. The number of carbonyl (C=O) groups is 1. The Morgan fingerprint density at radius 2 is 1.84 bits per heavy atom. The van der Waals surface area contributed by atoms with Crippen molar-refractivity contribution in [3.8, 4) is 17.3 Å². The zero-order valence-electron chi connectivity index (χ0n) is 17.5. The molecule has 5 aromatic rings. The Hall–Kier alpha value is -3.78. The van der Waals surface area contributed by atoms with Gasteiger partial charge in [-0.05, 0) is 23.6 Å². The van der Waals surface area contributed by atoms with Gasteiger partial charge in [-0.15, -0.1) is 10.2 Å². The topological polar surface area (TPSA) is 82.2 Å². The Morgan fingerprint density at radius 3 is 2.72 bits per heavy atom. The number of thioether (sulfide) groups is 1. The second kappa shape index (κ2) is 8.39. The quantitative estimate of drug-likeness (QED) is 0.366. The second-order valence-electron chi connectivity index (χ2n) is 7.22. The lowest BCUT2D eigenvalue weighted by molar-refractivity contribution is -0.113. The van der Waals surface area contributed by atoms with Crippen LogP contribution in [0.2, 0.25) is 0 Å². The average molecular weight is 445 g/mol. The number of hydrogen-bond donors (Lipinski definition) is 1. The first kappa shape index (κ1) is 20.1. The average Bonchev–Trinajstić information content (AvgIpc) is 3.41. The zero-order chi connectivity index (χ0) is 22.1. The van der Waals surface area contributed by atoms with E-state index in [0.29, 0.717) is 28.1 Å². The number of methoxy groups -OCH3 is 1. The molecule has 160 valence electrons. The number of para-hydroxylation sites is 1. The predicted molar refractivity (Wildman–Crippen MR) is 126 cm³/mol. The third kappa shape index (κ3) is 3.69. The fourth-order valence-electron chi connectivity index (χ4n) is 3.61. The highest BCUT2D eigenvalue weighted by molar-refractivity contribution is 7.99. The molecule has 0 spiro atoms. The molecule has 1 N–H and O–H groups in total. The van der Waals surface area contributed by atoms with Crippen molar-refractivity contribution < 1.29 is 13.9 Å². The molecule has 0 aliphatic rings. The minimum Gasteiger partial charge on any atom is -0.493 e. The molecule has 0 bridgehead atoms. The molecule has 32 heavy (non-hydrogen) atoms. The summed E-state index contributed by atoms with van der Waals surface area (Å²) in [5, 5.41) is 15.1. The van der Waals surface area contributed by atoms with Crippen LogP contribution in [0, 0.1) is 0 Å². The van der Waals surface area contributed by atoms with Gasteiger partial charge in [-0.1, -0.05) is 60.3 Å². The monoisotopic (exact) mass is 444 g/mol. The number of amides is 1. The first-order valence-corrected chi connectivity index (χ1v) is 11.0. The van der Waals surface area contributed by atoms with E-state index in [0.717, 1.165) is 21.8 Å². The van der Waals surface area contributed by atoms with E-state index in [1.807, 2.05) is 78.3 Å². The largest absolute Gasteiger partial charge is 0.493 e. The number of hydrogen-bond acceptors (Lipinski definition) is 6. The molecule has 0 saturated carbocycles. The molecule has 0 fully saturated rings. The molecule has 0 unspecified atom stereocenters. The molecule has 3 aromatic carbocycles. The SMILES string of the molecule is COc1cccc2cc(-c3nnc(SCC(=O)Nc4cccc5ccccc45)n3C)oc12. The van der Waals surface area contributed by atoms with Crippen molar-refractivity contribution in [2.24, 2.45) is 7.05 Å². The molecule has 7 nitrogen and oxygen atoms in total. The lowest BCUT2D eigenvalue weighted by Gasteiger charge is -2.08. The third-order valence-corrected chi connectivity index (χ3v) is 6.20. The lowest BCUT2D eigenvalue weighted by atomic mass is 10.1. The number of nitrogens with one attached hydrogen (secondary N) is 1. The summed E-state index contributed by atoms with van der Waals surface area (Å²) in [7, 11) is 3.46. The number of fused-ring (bicyclic) bond motifs is 2. The Bertz CT molecular complexity index is 1430. The van der Waals surface area contributed by atoms with Crippen LogP contribution in [-0.2, 0) is 11.8 Å². The van der Waals surface area contributed by atoms with Gasteiger partial charge in [-0.3, -0.25) is 4.79 Å². The van der Waals surface area contributed by atoms with Gasteiger partial charge in [0.05, 0.1) is 12.9 Å². The van der Waals surface area contributed by atoms with Crippen LogP contribution in [0.3, 0.4) is 0 Å². The fourth-order valence-corrected chi connectivity index (χ4v) is 4.32. The van der Waals surface area contributed by atoms with Crippen LogP contribution in [-0.4, -0.2) is 33.5 Å². The molecular weight excluding hydrogens is 424 g/mol. The molecule has 0 radical (unpaired) electrons. The van der Waals surface area contributed by atoms with Crippen LogP contribution in [0.4, 0.5) is 5.69 Å². The van der Waals surface area contributed by atoms with Gasteiger partial charge in [0.1, 0.15) is 0 Å². The summed E-state index contributed by atoms with van der Waals surface area (Å²) in [6, 6.07) is 21.4. The predicted octanol–water partition coefficient (Wildman–Crippen LogP) is 5.12. The van der Waals surface area contributed by atoms with E-state index in [-0.39, 0.29) is 11.7 Å². The summed E-state index contributed by atoms with van der Waals surface area (Å²) in [6.45, 7) is 0. The van der Waals surface area contributed by atoms with Crippen LogP contribution in [0.25, 0.3) is 33.3 Å². The molecule has 8 heteroatoms. The first-order valence-electron chi connectivity index (χ1n) is 10.0. The Morgan fingerprint density at radius 1 is 1.06 bits per heavy atom. The summed E-state index contributed by atoms with van der Waals surface area (Å²) in [6.07, 6.45) is 0. The maximum atomic E-state index is 12.6. The Labute approximate surface area is 188 Å². The van der Waals surface area contributed by atoms with E-state index in [9.17, 15) is 4.79 Å². The van der Waals surface area contributed by atoms with Crippen LogP contribution in [0.15, 0.2) is 76.3 Å². The standard InChI is InChI=1S/C24H20N4O3S/c1-28-23(20-13-16-9-6-12-19(30-2)22(16)31-20)26-27-24(28)32-14-21(29)25-18-11-5-8-15-7-3-4-10-17(15)18/h3-13H,14H2,1-2H3,(H,25,29). The fraction of sp³-hybridized carbons (Fsp3) is 0.125. The number of aromatic nitrogens is 3. The number of carbonyl (C=O) groups excluding carboxylic acids is 1. The maximum Gasteiger partial charge on any atom is 0.234 e. The van der Waals surface area contributed by atoms with E-state index < -0.39 is 0 Å². The second-order valence-corrected chi connectivity index (χ2v) is 8.16. The molecule has 1 amide bonds. The zero-order valence-corrected chi connectivity index (χ0v) is 18.3. The van der Waals surface area contributed by atoms with Gasteiger partial charge < -0.3 is 19.0 Å². The number of anilines is 1. The summed E-state index contributed by atoms with van der Waals surface area (Å²) >= 11 is 1.32. The van der Waals surface area contributed by atoms with Gasteiger partial charge in [-0.25, -0.2) is 0 Å².